The summed E-state index contributed by atoms with van der Waals surface area (Å²) in [4.78, 5) is 3.07. The molecule has 0 aromatic carbocycles. The van der Waals surface area contributed by atoms with E-state index in [9.17, 15) is 0 Å². The van der Waals surface area contributed by atoms with Crippen molar-refractivity contribution < 1.29 is 0 Å². The van der Waals surface area contributed by atoms with Crippen molar-refractivity contribution in [3.8, 4) is 0 Å². The average molecular weight is 151 g/mol. The third-order valence-electron chi connectivity index (χ3n) is 1.36. The highest BCUT2D eigenvalue weighted by atomic mass is 32.1. The minimum absolute atomic E-state index is 1.08. The Kier molecular flexibility index (Phi) is 2.40. The Morgan fingerprint density at radius 2 is 2.40 bits per heavy atom. The van der Waals surface area contributed by atoms with Gasteiger partial charge >= 0.3 is 0 Å². The predicted molar refractivity (Wildman–Crippen MR) is 48.3 cm³/mol. The minimum Gasteiger partial charge on any atom is -0.361 e. The molecular weight excluding hydrogens is 142 g/mol. The van der Waals surface area contributed by atoms with Crippen LogP contribution in [0.2, 0.25) is 0 Å². The molecule has 0 spiro atoms. The van der Waals surface area contributed by atoms with Gasteiger partial charge in [0.25, 0.3) is 0 Å². The molecule has 1 aromatic rings. The van der Waals surface area contributed by atoms with Gasteiger partial charge in [0.05, 0.1) is 0 Å². The molecule has 10 heavy (non-hydrogen) atoms. The first-order chi connectivity index (χ1) is 4.88. The molecule has 0 fully saturated rings. The van der Waals surface area contributed by atoms with Crippen molar-refractivity contribution in [1.29, 1.82) is 0 Å². The van der Waals surface area contributed by atoms with E-state index in [1.54, 1.807) is 5.37 Å². The van der Waals surface area contributed by atoms with Crippen LogP contribution in [-0.2, 0) is 0 Å². The first kappa shape index (κ1) is 7.22. The molecule has 0 saturated carbocycles. The molecule has 2 heteroatoms. The lowest BCUT2D eigenvalue weighted by molar-refractivity contribution is 1.32. The van der Waals surface area contributed by atoms with Gasteiger partial charge in [-0.25, -0.2) is 0 Å². The Morgan fingerprint density at radius 3 is 3.00 bits per heavy atom. The van der Waals surface area contributed by atoms with Gasteiger partial charge in [0, 0.05) is 16.9 Å². The van der Waals surface area contributed by atoms with Crippen LogP contribution in [-0.4, -0.2) is 10.4 Å². The Hall–Kier alpha value is -0.890. The lowest BCUT2D eigenvalue weighted by Crippen LogP contribution is -2.21. The molecule has 0 unspecified atom stereocenters. The fraction of sp³-hybridized carbons (Fsp3) is 0.125. The molecule has 0 aliphatic heterocycles. The Morgan fingerprint density at radius 1 is 1.60 bits per heavy atom. The zero-order valence-electron chi connectivity index (χ0n) is 5.79. The van der Waals surface area contributed by atoms with E-state index in [0.29, 0.717) is 0 Å². The second kappa shape index (κ2) is 3.32. The molecule has 1 aromatic heterocycles. The number of hydrogen-bond acceptors (Lipinski definition) is 1. The largest absolute Gasteiger partial charge is 0.361 e. The fourth-order valence-electron chi connectivity index (χ4n) is 0.858. The van der Waals surface area contributed by atoms with Gasteiger partial charge < -0.3 is 4.98 Å². The summed E-state index contributed by atoms with van der Waals surface area (Å²) in [5.74, 6) is 0. The van der Waals surface area contributed by atoms with Crippen molar-refractivity contribution in [2.45, 2.75) is 6.92 Å². The molecule has 1 nitrogen and oxygen atoms in total. The summed E-state index contributed by atoms with van der Waals surface area (Å²) >= 11 is 4.69. The maximum absolute atomic E-state index is 4.69. The van der Waals surface area contributed by atoms with E-state index < -0.39 is 0 Å². The molecule has 52 valence electrons. The highest BCUT2D eigenvalue weighted by Gasteiger charge is 1.79. The second-order valence-corrected chi connectivity index (χ2v) is 2.21. The molecule has 0 aliphatic rings. The van der Waals surface area contributed by atoms with Crippen molar-refractivity contribution in [2.75, 3.05) is 0 Å². The van der Waals surface area contributed by atoms with Crippen LogP contribution in [0, 0.1) is 0 Å². The Balaban J connectivity index is 3.41. The maximum Gasteiger partial charge on any atom is 0.0458 e. The smallest absolute Gasteiger partial charge is 0.0458 e. The topological polar surface area (TPSA) is 15.8 Å². The summed E-state index contributed by atoms with van der Waals surface area (Å²) in [6.07, 6.45) is 5.83. The SMILES string of the molecule is C/C=c1/cc[nH]/c1=C/C=S. The summed E-state index contributed by atoms with van der Waals surface area (Å²) < 4.78 is 0. The summed E-state index contributed by atoms with van der Waals surface area (Å²) in [7, 11) is 0. The van der Waals surface area contributed by atoms with Gasteiger partial charge in [-0.15, -0.1) is 0 Å². The van der Waals surface area contributed by atoms with Crippen LogP contribution < -0.4 is 10.6 Å². The van der Waals surface area contributed by atoms with Gasteiger partial charge in [-0.3, -0.25) is 0 Å². The Labute approximate surface area is 65.1 Å². The average Bonchev–Trinajstić information content (AvgIpc) is 2.36. The van der Waals surface area contributed by atoms with Crippen LogP contribution in [0.4, 0.5) is 0 Å². The summed E-state index contributed by atoms with van der Waals surface area (Å²) in [5.41, 5.74) is 0. The lowest BCUT2D eigenvalue weighted by atomic mass is 10.4. The number of H-pyrrole nitrogens is 1. The van der Waals surface area contributed by atoms with E-state index in [1.165, 1.54) is 5.22 Å². The molecule has 0 amide bonds. The molecular formula is C8H9NS. The third-order valence-corrected chi connectivity index (χ3v) is 1.49. The summed E-state index contributed by atoms with van der Waals surface area (Å²) in [6, 6.07) is 2.02. The van der Waals surface area contributed by atoms with Gasteiger partial charge in [0.2, 0.25) is 0 Å². The monoisotopic (exact) mass is 151 g/mol. The number of aromatic nitrogens is 1. The number of thiocarbonyl (C=S) groups is 1. The van der Waals surface area contributed by atoms with Gasteiger partial charge in [0.1, 0.15) is 0 Å². The van der Waals surface area contributed by atoms with Gasteiger partial charge in [-0.05, 0) is 24.3 Å². The molecule has 0 bridgehead atoms. The first-order valence-corrected chi connectivity index (χ1v) is 3.61. The van der Waals surface area contributed by atoms with Gasteiger partial charge in [-0.2, -0.15) is 0 Å². The summed E-state index contributed by atoms with van der Waals surface area (Å²) in [6.45, 7) is 2.00. The third kappa shape index (κ3) is 1.33. The van der Waals surface area contributed by atoms with Crippen molar-refractivity contribution in [2.24, 2.45) is 0 Å². The van der Waals surface area contributed by atoms with Crippen molar-refractivity contribution in [3.05, 3.63) is 22.8 Å². The molecule has 1 rings (SSSR count). The number of hydrogen-bond donors (Lipinski definition) is 1. The summed E-state index contributed by atoms with van der Waals surface area (Å²) in [5, 5.41) is 3.89. The van der Waals surface area contributed by atoms with Crippen LogP contribution in [0.3, 0.4) is 0 Å². The standard InChI is InChI=1S/C8H9NS/c1-2-7-3-5-9-8(7)4-6-10/h2-6,9H,1H3/b7-2-,8-4+. The van der Waals surface area contributed by atoms with E-state index in [2.05, 4.69) is 4.98 Å². The molecule has 0 radical (unpaired) electrons. The van der Waals surface area contributed by atoms with Crippen LogP contribution in [0.5, 0.6) is 0 Å². The van der Waals surface area contributed by atoms with Crippen LogP contribution in [0.1, 0.15) is 6.92 Å². The fourth-order valence-corrected chi connectivity index (χ4v) is 0.995. The van der Waals surface area contributed by atoms with Crippen molar-refractivity contribution in [1.82, 2.24) is 4.98 Å². The van der Waals surface area contributed by atoms with Gasteiger partial charge in [-0.1, -0.05) is 18.3 Å². The number of rotatable bonds is 1. The van der Waals surface area contributed by atoms with Crippen molar-refractivity contribution in [3.63, 3.8) is 0 Å². The zero-order valence-corrected chi connectivity index (χ0v) is 6.61. The first-order valence-electron chi connectivity index (χ1n) is 3.13. The zero-order chi connectivity index (χ0) is 7.40. The van der Waals surface area contributed by atoms with Crippen LogP contribution in [0.15, 0.2) is 12.3 Å². The lowest BCUT2D eigenvalue weighted by Gasteiger charge is -1.73. The molecule has 0 atom stereocenters. The van der Waals surface area contributed by atoms with Crippen molar-refractivity contribution >= 4 is 29.7 Å². The number of nitrogens with one attached hydrogen (secondary N) is 1. The van der Waals surface area contributed by atoms with Crippen LogP contribution >= 0.6 is 12.2 Å². The van der Waals surface area contributed by atoms with Gasteiger partial charge in [0.15, 0.2) is 0 Å². The van der Waals surface area contributed by atoms with E-state index in [1.807, 2.05) is 31.3 Å². The predicted octanol–water partition coefficient (Wildman–Crippen LogP) is 0.595. The highest BCUT2D eigenvalue weighted by molar-refractivity contribution is 7.79. The molecule has 1 N–H and O–H groups in total. The van der Waals surface area contributed by atoms with E-state index >= 15 is 0 Å². The van der Waals surface area contributed by atoms with E-state index in [-0.39, 0.29) is 0 Å². The second-order valence-electron chi connectivity index (χ2n) is 1.94. The molecule has 0 aliphatic carbocycles. The quantitative estimate of drug-likeness (QED) is 0.581. The Bertz CT molecular complexity index is 321. The molecule has 1 heterocycles. The normalized spacial score (nSPS) is 14.1. The van der Waals surface area contributed by atoms with E-state index in [4.69, 9.17) is 12.2 Å². The van der Waals surface area contributed by atoms with Crippen LogP contribution in [0.25, 0.3) is 12.2 Å². The maximum atomic E-state index is 4.69. The van der Waals surface area contributed by atoms with E-state index in [0.717, 1.165) is 5.35 Å². The minimum atomic E-state index is 1.08. The molecule has 0 saturated heterocycles. The number of aromatic amines is 1. The highest BCUT2D eigenvalue weighted by Crippen LogP contribution is 1.63.